The van der Waals surface area contributed by atoms with Crippen LogP contribution >= 0.6 is 0 Å². The highest BCUT2D eigenvalue weighted by atomic mass is 16.6. The van der Waals surface area contributed by atoms with Gasteiger partial charge in [0, 0.05) is 166 Å². The van der Waals surface area contributed by atoms with Gasteiger partial charge in [-0.3, -0.25) is 69.6 Å². The number of aromatic nitrogens is 10. The van der Waals surface area contributed by atoms with Gasteiger partial charge in [-0.1, -0.05) is 93.8 Å². The van der Waals surface area contributed by atoms with Crippen molar-refractivity contribution >= 4 is 0 Å². The van der Waals surface area contributed by atoms with Crippen molar-refractivity contribution in [3.8, 4) is 0 Å². The number of rotatable bonds is 36. The third-order valence-electron chi connectivity index (χ3n) is 21.8. The van der Waals surface area contributed by atoms with Crippen molar-refractivity contribution in [1.29, 1.82) is 0 Å². The average Bonchev–Trinajstić information content (AvgIpc) is 1.76. The number of unbranched alkanes of at least 4 members (excludes halogenated alkanes) is 2. The largest absolute Gasteiger partial charge is 0.379 e. The van der Waals surface area contributed by atoms with Crippen LogP contribution in [-0.2, 0) is 72.5 Å². The molecule has 0 aliphatic carbocycles. The van der Waals surface area contributed by atoms with Crippen LogP contribution in [0.1, 0.15) is 260 Å². The van der Waals surface area contributed by atoms with Crippen LogP contribution in [0.4, 0.5) is 0 Å². The topological polar surface area (TPSA) is 556 Å². The number of ether oxygens (including phenoxy) is 10. The fourth-order valence-corrected chi connectivity index (χ4v) is 15.2. The van der Waals surface area contributed by atoms with E-state index in [0.29, 0.717) is 125 Å². The fraction of sp³-hybridized carbons (Fsp3) is 0.767. The van der Waals surface area contributed by atoms with Crippen LogP contribution in [0.5, 0.6) is 0 Å². The Hall–Kier alpha value is -10.4. The van der Waals surface area contributed by atoms with Crippen molar-refractivity contribution in [2.24, 2.45) is 37.4 Å². The first-order valence-electron chi connectivity index (χ1n) is 45.1. The van der Waals surface area contributed by atoms with Gasteiger partial charge >= 0.3 is 28.4 Å². The Morgan fingerprint density at radius 1 is 0.389 bits per heavy atom. The van der Waals surface area contributed by atoms with Crippen LogP contribution in [0, 0.1) is 46.5 Å². The zero-order valence-electron chi connectivity index (χ0n) is 80.3. The Balaban J connectivity index is 0.000000252. The second-order valence-corrected chi connectivity index (χ2v) is 36.6. The molecule has 5 aliphatic rings. The first kappa shape index (κ1) is 109. The summed E-state index contributed by atoms with van der Waals surface area (Å²) < 4.78 is 71.2. The lowest BCUT2D eigenvalue weighted by Crippen LogP contribution is -2.49. The van der Waals surface area contributed by atoms with E-state index >= 15 is 0 Å². The van der Waals surface area contributed by atoms with Crippen molar-refractivity contribution in [3.63, 3.8) is 0 Å². The van der Waals surface area contributed by atoms with Crippen LogP contribution in [0.15, 0.2) is 105 Å². The van der Waals surface area contributed by atoms with Crippen molar-refractivity contribution in [2.45, 2.75) is 365 Å². The summed E-state index contributed by atoms with van der Waals surface area (Å²) in [4.78, 5) is 140. The molecule has 0 bridgehead atoms. The lowest BCUT2D eigenvalue weighted by Gasteiger charge is -2.25. The molecule has 5 aliphatic heterocycles. The molecule has 0 aromatic carbocycles. The van der Waals surface area contributed by atoms with E-state index in [9.17, 15) is 47.9 Å². The lowest BCUT2D eigenvalue weighted by molar-refractivity contribution is -0.0859. The van der Waals surface area contributed by atoms with Crippen molar-refractivity contribution < 1.29 is 47.4 Å². The van der Waals surface area contributed by atoms with Gasteiger partial charge in [0.05, 0.1) is 105 Å². The van der Waals surface area contributed by atoms with E-state index in [4.69, 9.17) is 75.0 Å². The summed E-state index contributed by atoms with van der Waals surface area (Å²) in [5.74, 6) is 0.535. The highest BCUT2D eigenvalue weighted by molar-refractivity contribution is 5.11. The minimum atomic E-state index is -0.667. The molecule has 0 radical (unpaired) electrons. The molecule has 0 amide bonds. The molecule has 10 rings (SSSR count). The second kappa shape index (κ2) is 51.5. The molecule has 5 saturated heterocycles. The normalized spacial score (nSPS) is 22.7. The predicted molar refractivity (Wildman–Crippen MR) is 491 cm³/mol. The van der Waals surface area contributed by atoms with Crippen LogP contribution in [0.25, 0.3) is 52.2 Å². The van der Waals surface area contributed by atoms with E-state index < -0.39 is 126 Å². The highest BCUT2D eigenvalue weighted by Crippen LogP contribution is 2.36. The van der Waals surface area contributed by atoms with Gasteiger partial charge in [-0.05, 0) is 169 Å². The van der Waals surface area contributed by atoms with Gasteiger partial charge in [0.15, 0.2) is 0 Å². The molecule has 0 N–H and O–H groups in total. The molecule has 0 spiro atoms. The van der Waals surface area contributed by atoms with Crippen molar-refractivity contribution in [2.75, 3.05) is 52.9 Å². The number of hydrogen-bond acceptors (Lipinski definition) is 25. The van der Waals surface area contributed by atoms with Crippen LogP contribution < -0.4 is 56.2 Å². The SMILES string of the molecule is CCCCOC[C@H]1O[C@@H](n2cc(C)c(=O)n(CCCC)c2=O)CC1N=[N+]=[N-].CCCOC[C@H]1O[C@@H](n2cc(C)c(=O)n(CCC)c2=O)CC1N=[N+]=[N-].Cc1cn([C@H]2CC(N=[N+]=[N-])[C@@H](COC(C)(C)C)O2)c(=O)n(C(C)(C)C)c1=O.Cc1cn([C@H]2CC(N=[N+]=[N-])[C@@H](COC(C)C)O2)c(=O)n(C(C)C)c1=O.Cc1cn([C@H]2CC(N=[N+]=[N-])[C@@H](COCC(C)C)O2)c(=O)n(CC(C)C)c1=O. The van der Waals surface area contributed by atoms with Gasteiger partial charge in [-0.25, -0.2) is 24.0 Å². The maximum atomic E-state index is 13.0. The molecule has 5 unspecified atom stereocenters. The molecular formula is C86H137N25O20. The van der Waals surface area contributed by atoms with Crippen molar-refractivity contribution in [1.82, 2.24) is 45.7 Å². The van der Waals surface area contributed by atoms with E-state index in [-0.39, 0.29) is 71.3 Å². The van der Waals surface area contributed by atoms with Gasteiger partial charge in [0.25, 0.3) is 27.8 Å². The van der Waals surface area contributed by atoms with Gasteiger partial charge in [-0.15, -0.1) is 0 Å². The molecule has 726 valence electrons. The Morgan fingerprint density at radius 3 is 1.07 bits per heavy atom. The second-order valence-electron chi connectivity index (χ2n) is 36.6. The standard InChI is InChI=1S/3C18H29N5O4.2C16H25N5O4/c1-11-9-22(16(25)23(15(11)24)17(2,3)4)14-8-12(20-21-19)13(27-14)10-26-18(5,6)7;1-11(2)7-23-17(24)13(5)8-22(18(23)25)16-6-14(20-21-19)15(27-16)10-26-9-12(3)4;1-4-6-8-22-17(24)13(3)11-23(18(22)25)16-10-14(20-21-19)15(27-16)12-26-9-7-5-2;1-9(2)21-15(22)11(5)7-20(16(21)23)14-6-12(18-19-17)13(25-14)8-24-10(3)4;1-4-6-20-15(22)11(3)9-21(16(20)23)14-8-12(18-19-17)13(25-14)10-24-7-5-2/h9,12-14H,8,10H2,1-7H3;8,11-12,14-16H,6-7,9-10H2,1-5H3;11,14-16H,4-10,12H2,1-3H3;7,9-10,12-14H,6,8H2,1-5H3;9,12-14H,4-8,10H2,1-3H3/t12?,13-,14-;2*14?,15-,16-;2*12?,13-,14-/m11111/s1. The predicted octanol–water partition coefficient (Wildman–Crippen LogP) is 12.8. The Morgan fingerprint density at radius 2 is 0.725 bits per heavy atom. The van der Waals surface area contributed by atoms with Gasteiger partial charge < -0.3 is 47.4 Å². The zero-order chi connectivity index (χ0) is 97.6. The lowest BCUT2D eigenvalue weighted by atomic mass is 10.1. The van der Waals surface area contributed by atoms with Crippen molar-refractivity contribution in [3.05, 3.63) is 215 Å². The monoisotopic (exact) mass is 1840 g/mol. The molecule has 15 atom stereocenters. The number of nitrogens with zero attached hydrogens (tertiary/aromatic N) is 25. The highest BCUT2D eigenvalue weighted by Gasteiger charge is 2.43. The smallest absolute Gasteiger partial charge is 0.333 e. The molecule has 45 nitrogen and oxygen atoms in total. The van der Waals surface area contributed by atoms with Gasteiger partial charge in [0.1, 0.15) is 31.1 Å². The summed E-state index contributed by atoms with van der Waals surface area (Å²) in [6, 6.07) is -2.40. The Labute approximate surface area is 759 Å². The quantitative estimate of drug-likeness (QED) is 0.0155. The van der Waals surface area contributed by atoms with Crippen LogP contribution in [0.2, 0.25) is 0 Å². The summed E-state index contributed by atoms with van der Waals surface area (Å²) in [6.07, 6.45) is 9.42. The summed E-state index contributed by atoms with van der Waals surface area (Å²) in [7, 11) is 0. The Bertz CT molecular complexity index is 5520. The van der Waals surface area contributed by atoms with E-state index in [1.54, 1.807) is 69.2 Å². The fourth-order valence-electron chi connectivity index (χ4n) is 15.2. The molecule has 0 saturated carbocycles. The third kappa shape index (κ3) is 30.3. The molecule has 5 aromatic heterocycles. The van der Waals surface area contributed by atoms with E-state index in [2.05, 4.69) is 57.1 Å². The summed E-state index contributed by atoms with van der Waals surface area (Å²) in [5.41, 5.74) is 41.8. The number of hydrogen-bond donors (Lipinski definition) is 0. The van der Waals surface area contributed by atoms with Crippen LogP contribution in [0.3, 0.4) is 0 Å². The summed E-state index contributed by atoms with van der Waals surface area (Å²) in [6.45, 7) is 47.2. The number of azide groups is 5. The summed E-state index contributed by atoms with van der Waals surface area (Å²) >= 11 is 0. The maximum absolute atomic E-state index is 13.0. The number of aryl methyl sites for hydroxylation is 5. The molecule has 5 fully saturated rings. The Kier molecular flexibility index (Phi) is 43.0. The third-order valence-corrected chi connectivity index (χ3v) is 21.8. The van der Waals surface area contributed by atoms with E-state index in [1.165, 1.54) is 76.7 Å². The molecule has 45 heteroatoms. The maximum Gasteiger partial charge on any atom is 0.333 e. The van der Waals surface area contributed by atoms with E-state index in [1.807, 2.05) is 83.1 Å². The minimum absolute atomic E-state index is 0.0159. The zero-order valence-corrected chi connectivity index (χ0v) is 80.3. The van der Waals surface area contributed by atoms with Gasteiger partial charge in [-0.2, -0.15) is 0 Å². The van der Waals surface area contributed by atoms with Gasteiger partial charge in [0.2, 0.25) is 0 Å². The molecule has 131 heavy (non-hydrogen) atoms. The average molecular weight is 1840 g/mol. The molecular weight excluding hydrogens is 1700 g/mol. The minimum Gasteiger partial charge on any atom is -0.379 e. The molecule has 10 heterocycles. The van der Waals surface area contributed by atoms with E-state index in [0.717, 1.165) is 32.1 Å². The van der Waals surface area contributed by atoms with Crippen LogP contribution in [-0.4, -0.2) is 171 Å². The first-order chi connectivity index (χ1) is 61.9. The first-order valence-corrected chi connectivity index (χ1v) is 45.1. The summed E-state index contributed by atoms with van der Waals surface area (Å²) in [5, 5.41) is 19.0. The molecule has 5 aromatic rings.